The van der Waals surface area contributed by atoms with E-state index in [9.17, 15) is 14.4 Å². The maximum Gasteiger partial charge on any atom is 1.00 e. The maximum absolute atomic E-state index is 11.4. The largest absolute Gasteiger partial charge is 1.00 e. The van der Waals surface area contributed by atoms with Crippen LogP contribution in [0.15, 0.2) is 94.9 Å². The molecule has 5 aromatic rings. The Morgan fingerprint density at radius 2 is 1.34 bits per heavy atom. The predicted molar refractivity (Wildman–Crippen MR) is 119 cm³/mol. The van der Waals surface area contributed by atoms with Crippen molar-refractivity contribution in [2.45, 2.75) is 4.90 Å². The summed E-state index contributed by atoms with van der Waals surface area (Å²) in [6.07, 6.45) is 1.62. The standard InChI is InChI=1S/C24H17O4PS.2Na/c25-29(26,27)28-22(30-20-7-2-1-3-8-20)15-19-12-11-18-10-9-16-5-4-6-17-13-14-21(19)24(18)23(16)17;;/h1-15H,(H2,25,26,27);;/q;2*+1/p-2/b22-15+;;. The summed E-state index contributed by atoms with van der Waals surface area (Å²) in [6, 6.07) is 27.5. The average Bonchev–Trinajstić information content (AvgIpc) is 2.72. The first-order valence-electron chi connectivity index (χ1n) is 9.31. The zero-order valence-corrected chi connectivity index (χ0v) is 23.4. The molecule has 148 valence electrons. The summed E-state index contributed by atoms with van der Waals surface area (Å²) in [6.45, 7) is 0. The van der Waals surface area contributed by atoms with Crippen LogP contribution in [-0.2, 0) is 9.09 Å². The van der Waals surface area contributed by atoms with Crippen molar-refractivity contribution < 1.29 is 78.0 Å². The molecule has 4 nitrogen and oxygen atoms in total. The van der Waals surface area contributed by atoms with Gasteiger partial charge in [-0.2, -0.15) is 0 Å². The van der Waals surface area contributed by atoms with Gasteiger partial charge in [0.15, 0.2) is 5.09 Å². The minimum Gasteiger partial charge on any atom is -0.780 e. The van der Waals surface area contributed by atoms with E-state index >= 15 is 0 Å². The fraction of sp³-hybridized carbons (Fsp3) is 0. The van der Waals surface area contributed by atoms with Crippen LogP contribution in [0.3, 0.4) is 0 Å². The van der Waals surface area contributed by atoms with Crippen molar-refractivity contribution in [1.82, 2.24) is 0 Å². The van der Waals surface area contributed by atoms with Crippen molar-refractivity contribution in [3.8, 4) is 0 Å². The number of hydrogen-bond donors (Lipinski definition) is 0. The monoisotopic (exact) mass is 476 g/mol. The minimum absolute atomic E-state index is 0. The summed E-state index contributed by atoms with van der Waals surface area (Å²) in [4.78, 5) is 23.5. The molecule has 32 heavy (non-hydrogen) atoms. The molecule has 0 heterocycles. The molecule has 0 radical (unpaired) electrons. The first kappa shape index (κ1) is 25.8. The second-order valence-corrected chi connectivity index (χ2v) is 9.08. The first-order chi connectivity index (χ1) is 14.5. The summed E-state index contributed by atoms with van der Waals surface area (Å²) in [5, 5.41) is 6.65. The average molecular weight is 476 g/mol. The molecule has 0 aliphatic rings. The van der Waals surface area contributed by atoms with Crippen LogP contribution in [0.2, 0.25) is 0 Å². The molecular weight excluding hydrogens is 461 g/mol. The van der Waals surface area contributed by atoms with E-state index < -0.39 is 7.82 Å². The van der Waals surface area contributed by atoms with E-state index in [0.717, 1.165) is 49.2 Å². The molecule has 0 bridgehead atoms. The Balaban J connectivity index is 0.00000144. The second-order valence-electron chi connectivity index (χ2n) is 6.93. The fourth-order valence-corrected chi connectivity index (χ4v) is 5.21. The van der Waals surface area contributed by atoms with Crippen LogP contribution in [0, 0.1) is 0 Å². The molecular formula is C24H15Na2O4PS. The van der Waals surface area contributed by atoms with Gasteiger partial charge in [-0.3, -0.25) is 0 Å². The summed E-state index contributed by atoms with van der Waals surface area (Å²) >= 11 is 1.10. The van der Waals surface area contributed by atoms with Gasteiger partial charge in [0.1, 0.15) is 7.82 Å². The zero-order valence-electron chi connectivity index (χ0n) is 17.6. The molecule has 0 saturated heterocycles. The molecule has 0 spiro atoms. The molecule has 0 saturated carbocycles. The van der Waals surface area contributed by atoms with E-state index in [4.69, 9.17) is 4.52 Å². The van der Waals surface area contributed by atoms with Gasteiger partial charge >= 0.3 is 59.1 Å². The maximum atomic E-state index is 11.4. The number of thioether (sulfide) groups is 1. The molecule has 0 aromatic heterocycles. The normalized spacial score (nSPS) is 12.0. The summed E-state index contributed by atoms with van der Waals surface area (Å²) in [5.41, 5.74) is 0.785. The molecule has 0 aliphatic heterocycles. The first-order valence-corrected chi connectivity index (χ1v) is 11.6. The molecule has 5 aromatic carbocycles. The van der Waals surface area contributed by atoms with Gasteiger partial charge in [-0.15, -0.1) is 0 Å². The SMILES string of the molecule is O=P([O-])([O-])O/C(=C\c1ccc2ccc3cccc4ccc1c2c34)Sc1ccccc1.[Na+].[Na+]. The van der Waals surface area contributed by atoms with Gasteiger partial charge in [-0.05, 0) is 56.1 Å². The van der Waals surface area contributed by atoms with Gasteiger partial charge in [0.05, 0.1) is 0 Å². The van der Waals surface area contributed by atoms with Gasteiger partial charge in [0, 0.05) is 4.90 Å². The number of phosphoric ester groups is 1. The summed E-state index contributed by atoms with van der Waals surface area (Å²) < 4.78 is 16.2. The van der Waals surface area contributed by atoms with E-state index in [0.29, 0.717) is 0 Å². The number of rotatable bonds is 5. The van der Waals surface area contributed by atoms with E-state index in [1.807, 2.05) is 54.6 Å². The van der Waals surface area contributed by atoms with Crippen LogP contribution in [0.25, 0.3) is 38.4 Å². The van der Waals surface area contributed by atoms with E-state index in [-0.39, 0.29) is 64.2 Å². The molecule has 0 amide bonds. The molecule has 0 N–H and O–H groups in total. The van der Waals surface area contributed by atoms with Crippen LogP contribution >= 0.6 is 19.6 Å². The third kappa shape index (κ3) is 5.45. The molecule has 0 unspecified atom stereocenters. The second kappa shape index (κ2) is 10.6. The van der Waals surface area contributed by atoms with Crippen LogP contribution in [-0.4, -0.2) is 0 Å². The number of phosphoric acid groups is 1. The number of hydrogen-bond acceptors (Lipinski definition) is 5. The molecule has 8 heteroatoms. The van der Waals surface area contributed by atoms with Gasteiger partial charge in [-0.25, -0.2) is 0 Å². The fourth-order valence-electron chi connectivity index (χ4n) is 3.80. The molecule has 0 aliphatic carbocycles. The van der Waals surface area contributed by atoms with Crippen molar-refractivity contribution in [3.63, 3.8) is 0 Å². The van der Waals surface area contributed by atoms with Gasteiger partial charge in [0.2, 0.25) is 0 Å². The van der Waals surface area contributed by atoms with Crippen molar-refractivity contribution in [2.75, 3.05) is 0 Å². The van der Waals surface area contributed by atoms with Crippen LogP contribution in [0.4, 0.5) is 0 Å². The van der Waals surface area contributed by atoms with Crippen molar-refractivity contribution in [3.05, 3.63) is 95.6 Å². The van der Waals surface area contributed by atoms with Gasteiger partial charge in [0.25, 0.3) is 0 Å². The third-order valence-corrected chi connectivity index (χ3v) is 6.45. The Bertz CT molecular complexity index is 1440. The summed E-state index contributed by atoms with van der Waals surface area (Å²) in [5.74, 6) is 0. The smallest absolute Gasteiger partial charge is 0.780 e. The Morgan fingerprint density at radius 3 is 2.00 bits per heavy atom. The third-order valence-electron chi connectivity index (χ3n) is 5.00. The predicted octanol–water partition coefficient (Wildman–Crippen LogP) is -0.472. The number of benzene rings is 5. The molecule has 0 fully saturated rings. The Labute approximate surface area is 234 Å². The molecule has 0 atom stereocenters. The Kier molecular flexibility index (Phi) is 8.56. The van der Waals surface area contributed by atoms with Gasteiger partial charge < -0.3 is 18.9 Å². The Hall–Kier alpha value is -0.820. The topological polar surface area (TPSA) is 72.4 Å². The van der Waals surface area contributed by atoms with E-state index in [1.165, 1.54) is 5.39 Å². The van der Waals surface area contributed by atoms with Crippen molar-refractivity contribution in [2.24, 2.45) is 0 Å². The quantitative estimate of drug-likeness (QED) is 0.113. The van der Waals surface area contributed by atoms with Gasteiger partial charge in [-0.1, -0.05) is 84.6 Å². The zero-order chi connectivity index (χ0) is 20.7. The molecule has 5 rings (SSSR count). The van der Waals surface area contributed by atoms with Crippen LogP contribution in [0.1, 0.15) is 5.56 Å². The minimum atomic E-state index is -5.20. The van der Waals surface area contributed by atoms with Crippen molar-refractivity contribution >= 4 is 58.0 Å². The Morgan fingerprint density at radius 1 is 0.750 bits per heavy atom. The van der Waals surface area contributed by atoms with Crippen molar-refractivity contribution in [1.29, 1.82) is 0 Å². The van der Waals surface area contributed by atoms with Crippen LogP contribution in [0.5, 0.6) is 0 Å². The summed E-state index contributed by atoms with van der Waals surface area (Å²) in [7, 11) is -5.20. The van der Waals surface area contributed by atoms with E-state index in [1.54, 1.807) is 6.08 Å². The van der Waals surface area contributed by atoms with Crippen LogP contribution < -0.4 is 68.9 Å². The van der Waals surface area contributed by atoms with E-state index in [2.05, 4.69) is 30.3 Å².